The molecule has 0 radical (unpaired) electrons. The van der Waals surface area contributed by atoms with Crippen molar-refractivity contribution in [2.45, 2.75) is 70.4 Å². The number of nitrogens with zero attached hydrogens (tertiary/aromatic N) is 1. The second kappa shape index (κ2) is 9.95. The molecule has 4 rings (SSSR count). The van der Waals surface area contributed by atoms with E-state index in [0.29, 0.717) is 12.1 Å². The van der Waals surface area contributed by atoms with Gasteiger partial charge in [0.15, 0.2) is 0 Å². The van der Waals surface area contributed by atoms with Crippen LogP contribution in [0.4, 0.5) is 4.39 Å². The molecule has 0 bridgehead atoms. The van der Waals surface area contributed by atoms with Crippen molar-refractivity contribution in [1.29, 1.82) is 0 Å². The maximum atomic E-state index is 13.0. The third kappa shape index (κ3) is 5.13. The molecule has 1 fully saturated rings. The minimum atomic E-state index is -0.206. The van der Waals surface area contributed by atoms with Gasteiger partial charge in [0.2, 0.25) is 0 Å². The maximum Gasteiger partial charge on any atom is 0.123 e. The molecule has 2 aromatic rings. The molecule has 1 atom stereocenters. The molecule has 0 N–H and O–H groups in total. The number of hydrogen-bond acceptors (Lipinski definition) is 2. The summed E-state index contributed by atoms with van der Waals surface area (Å²) in [6, 6.07) is 13.2. The molecule has 2 nitrogen and oxygen atoms in total. The second-order valence-electron chi connectivity index (χ2n) is 8.54. The largest absolute Gasteiger partial charge is 0.489 e. The van der Waals surface area contributed by atoms with Crippen molar-refractivity contribution in [3.05, 3.63) is 65.0 Å². The number of benzene rings is 2. The quantitative estimate of drug-likeness (QED) is 0.543. The Bertz CT molecular complexity index is 794. The van der Waals surface area contributed by atoms with Gasteiger partial charge in [0, 0.05) is 5.54 Å². The lowest BCUT2D eigenvalue weighted by Gasteiger charge is -2.50. The van der Waals surface area contributed by atoms with Gasteiger partial charge >= 0.3 is 0 Å². The van der Waals surface area contributed by atoms with Gasteiger partial charge in [0.1, 0.15) is 18.2 Å². The molecule has 1 saturated heterocycles. The van der Waals surface area contributed by atoms with E-state index >= 15 is 0 Å². The van der Waals surface area contributed by atoms with Gasteiger partial charge < -0.3 is 4.74 Å². The van der Waals surface area contributed by atoms with Crippen LogP contribution < -0.4 is 4.74 Å². The van der Waals surface area contributed by atoms with Crippen LogP contribution in [0.2, 0.25) is 0 Å². The molecular formula is C25H33ClFNO. The molecule has 2 aromatic carbocycles. The molecule has 2 aliphatic rings. The van der Waals surface area contributed by atoms with Crippen LogP contribution in [-0.4, -0.2) is 23.5 Å². The van der Waals surface area contributed by atoms with E-state index < -0.39 is 0 Å². The lowest BCUT2D eigenvalue weighted by molar-refractivity contribution is 0.0328. The zero-order valence-electron chi connectivity index (χ0n) is 17.5. The maximum absolute atomic E-state index is 13.0. The van der Waals surface area contributed by atoms with Gasteiger partial charge in [0.05, 0.1) is 0 Å². The summed E-state index contributed by atoms with van der Waals surface area (Å²) >= 11 is 0. The summed E-state index contributed by atoms with van der Waals surface area (Å²) in [6.07, 6.45) is 10.3. The van der Waals surface area contributed by atoms with Crippen LogP contribution in [0.3, 0.4) is 0 Å². The normalized spacial score (nSPS) is 21.4. The van der Waals surface area contributed by atoms with Gasteiger partial charge in [-0.25, -0.2) is 4.39 Å². The first-order valence-corrected chi connectivity index (χ1v) is 10.9. The first kappa shape index (κ1) is 22.1. The van der Waals surface area contributed by atoms with Crippen molar-refractivity contribution < 1.29 is 9.13 Å². The number of ether oxygens (including phenoxy) is 1. The van der Waals surface area contributed by atoms with Gasteiger partial charge in [-0.3, -0.25) is 4.90 Å². The van der Waals surface area contributed by atoms with Gasteiger partial charge in [-0.05, 0) is 92.6 Å². The standard InChI is InChI=1S/C25H32FNO.ClH/c1-2-3-15-27-16-5-4-13-25(27)14-12-21-17-24(11-8-22(21)18-25)28-19-20-6-9-23(26)10-7-20;/h6-11,17H,2-5,12-16,18-19H2,1H3;1H. The number of unbranched alkanes of at least 4 members (excludes halogenated alkanes) is 1. The number of piperidine rings is 1. The van der Waals surface area contributed by atoms with Gasteiger partial charge in [-0.2, -0.15) is 0 Å². The third-order valence-corrected chi connectivity index (χ3v) is 6.65. The van der Waals surface area contributed by atoms with Gasteiger partial charge in [-0.1, -0.05) is 38.0 Å². The van der Waals surface area contributed by atoms with Crippen molar-refractivity contribution >= 4 is 12.4 Å². The van der Waals surface area contributed by atoms with Crippen LogP contribution in [0.15, 0.2) is 42.5 Å². The third-order valence-electron chi connectivity index (χ3n) is 6.65. The Hall–Kier alpha value is -1.58. The minimum absolute atomic E-state index is 0. The molecule has 1 aliphatic carbocycles. The smallest absolute Gasteiger partial charge is 0.123 e. The van der Waals surface area contributed by atoms with Gasteiger partial charge in [-0.15, -0.1) is 12.4 Å². The van der Waals surface area contributed by atoms with E-state index in [1.807, 2.05) is 0 Å². The average molecular weight is 418 g/mol. The highest BCUT2D eigenvalue weighted by atomic mass is 35.5. The van der Waals surface area contributed by atoms with E-state index in [9.17, 15) is 4.39 Å². The molecule has 4 heteroatoms. The molecule has 29 heavy (non-hydrogen) atoms. The van der Waals surface area contributed by atoms with Crippen LogP contribution >= 0.6 is 12.4 Å². The van der Waals surface area contributed by atoms with Crippen molar-refractivity contribution in [2.75, 3.05) is 13.1 Å². The zero-order valence-corrected chi connectivity index (χ0v) is 18.3. The first-order valence-electron chi connectivity index (χ1n) is 10.9. The summed E-state index contributed by atoms with van der Waals surface area (Å²) < 4.78 is 19.0. The Labute approximate surface area is 180 Å². The lowest BCUT2D eigenvalue weighted by Crippen LogP contribution is -2.55. The Balaban J connectivity index is 0.00000240. The number of likely N-dealkylation sites (tertiary alicyclic amines) is 1. The Kier molecular flexibility index (Phi) is 7.59. The summed E-state index contributed by atoms with van der Waals surface area (Å²) in [5.74, 6) is 0.715. The molecule has 0 saturated carbocycles. The summed E-state index contributed by atoms with van der Waals surface area (Å²) in [5, 5.41) is 0. The van der Waals surface area contributed by atoms with Crippen molar-refractivity contribution in [2.24, 2.45) is 0 Å². The predicted octanol–water partition coefficient (Wildman–Crippen LogP) is 6.34. The van der Waals surface area contributed by atoms with Gasteiger partial charge in [0.25, 0.3) is 0 Å². The molecular weight excluding hydrogens is 385 g/mol. The molecule has 158 valence electrons. The fourth-order valence-corrected chi connectivity index (χ4v) is 4.99. The van der Waals surface area contributed by atoms with Crippen LogP contribution in [0, 0.1) is 5.82 Å². The number of rotatable bonds is 6. The highest BCUT2D eigenvalue weighted by Crippen LogP contribution is 2.40. The van der Waals surface area contributed by atoms with Crippen LogP contribution in [0.1, 0.15) is 62.1 Å². The number of hydrogen-bond donors (Lipinski definition) is 0. The molecule has 1 unspecified atom stereocenters. The Morgan fingerprint density at radius 2 is 1.86 bits per heavy atom. The predicted molar refractivity (Wildman–Crippen MR) is 120 cm³/mol. The molecule has 1 spiro atoms. The highest BCUT2D eigenvalue weighted by Gasteiger charge is 2.40. The molecule has 0 amide bonds. The van der Waals surface area contributed by atoms with Crippen molar-refractivity contribution in [3.8, 4) is 5.75 Å². The summed E-state index contributed by atoms with van der Waals surface area (Å²) in [5.41, 5.74) is 4.33. The number of aryl methyl sites for hydroxylation is 1. The van der Waals surface area contributed by atoms with Crippen LogP contribution in [-0.2, 0) is 19.4 Å². The Morgan fingerprint density at radius 3 is 2.66 bits per heavy atom. The lowest BCUT2D eigenvalue weighted by atomic mass is 9.72. The summed E-state index contributed by atoms with van der Waals surface area (Å²) in [7, 11) is 0. The van der Waals surface area contributed by atoms with E-state index in [-0.39, 0.29) is 18.2 Å². The van der Waals surface area contributed by atoms with E-state index in [1.54, 1.807) is 12.1 Å². The SMILES string of the molecule is CCCCN1CCCCC12CCc1cc(OCc3ccc(F)cc3)ccc1C2.Cl. The number of halogens is 2. The fraction of sp³-hybridized carbons (Fsp3) is 0.520. The second-order valence-corrected chi connectivity index (χ2v) is 8.54. The van der Waals surface area contributed by atoms with Crippen LogP contribution in [0.5, 0.6) is 5.75 Å². The summed E-state index contributed by atoms with van der Waals surface area (Å²) in [4.78, 5) is 2.81. The van der Waals surface area contributed by atoms with Crippen molar-refractivity contribution in [1.82, 2.24) is 4.90 Å². The Morgan fingerprint density at radius 1 is 1.03 bits per heavy atom. The first-order chi connectivity index (χ1) is 13.7. The molecule has 1 aliphatic heterocycles. The highest BCUT2D eigenvalue weighted by molar-refractivity contribution is 5.85. The fourth-order valence-electron chi connectivity index (χ4n) is 4.99. The molecule has 0 aromatic heterocycles. The number of fused-ring (bicyclic) bond motifs is 1. The van der Waals surface area contributed by atoms with Crippen LogP contribution in [0.25, 0.3) is 0 Å². The van der Waals surface area contributed by atoms with E-state index in [1.165, 1.54) is 81.3 Å². The topological polar surface area (TPSA) is 12.5 Å². The summed E-state index contributed by atoms with van der Waals surface area (Å²) in [6.45, 7) is 5.30. The van der Waals surface area contributed by atoms with E-state index in [2.05, 4.69) is 30.0 Å². The molecule has 1 heterocycles. The average Bonchev–Trinajstić information content (AvgIpc) is 2.73. The zero-order chi connectivity index (χ0) is 19.4. The van der Waals surface area contributed by atoms with E-state index in [4.69, 9.17) is 4.74 Å². The van der Waals surface area contributed by atoms with Crippen molar-refractivity contribution in [3.63, 3.8) is 0 Å². The monoisotopic (exact) mass is 417 g/mol. The van der Waals surface area contributed by atoms with E-state index in [0.717, 1.165) is 17.7 Å². The minimum Gasteiger partial charge on any atom is -0.489 e.